The van der Waals surface area contributed by atoms with Gasteiger partial charge in [-0.05, 0) is 61.2 Å². The lowest BCUT2D eigenvalue weighted by Gasteiger charge is -2.08. The van der Waals surface area contributed by atoms with Crippen molar-refractivity contribution in [3.05, 3.63) is 107 Å². The van der Waals surface area contributed by atoms with E-state index in [-0.39, 0.29) is 11.7 Å². The Hall–Kier alpha value is -4.23. The van der Waals surface area contributed by atoms with Crippen molar-refractivity contribution in [1.82, 2.24) is 20.3 Å². The lowest BCUT2D eigenvalue weighted by molar-refractivity contribution is -0.112. The minimum atomic E-state index is -0.124. The summed E-state index contributed by atoms with van der Waals surface area (Å²) in [6.07, 6.45) is 9.04. The number of H-pyrrole nitrogens is 1. The van der Waals surface area contributed by atoms with Gasteiger partial charge in [0.05, 0.1) is 11.1 Å². The number of benzene rings is 2. The number of ether oxygens (including phenoxy) is 1. The number of hydrogen-bond acceptors (Lipinski definition) is 5. The summed E-state index contributed by atoms with van der Waals surface area (Å²) < 4.78 is 5.69. The van der Waals surface area contributed by atoms with E-state index in [4.69, 9.17) is 16.3 Å². The maximum atomic E-state index is 12.2. The van der Waals surface area contributed by atoms with E-state index >= 15 is 0 Å². The first-order valence-corrected chi connectivity index (χ1v) is 14.1. The van der Waals surface area contributed by atoms with Gasteiger partial charge in [0.1, 0.15) is 18.2 Å². The van der Waals surface area contributed by atoms with Crippen LogP contribution in [-0.4, -0.2) is 33.2 Å². The SMILES string of the molecule is CCCNC(=O)c1ccnc2nc(-c3ccc(Cl)cc3)[nH]c12.CC[C@@H](C)/C=C\C(=C/C(C)=O)OCc1ccccc1. The number of hydrogen-bond donors (Lipinski definition) is 2. The number of ketones is 1. The average molecular weight is 573 g/mol. The maximum Gasteiger partial charge on any atom is 0.253 e. The van der Waals surface area contributed by atoms with Crippen LogP contribution in [0.1, 0.15) is 56.5 Å². The molecule has 0 saturated heterocycles. The number of aromatic amines is 1. The van der Waals surface area contributed by atoms with Gasteiger partial charge in [-0.25, -0.2) is 9.97 Å². The molecule has 0 bridgehead atoms. The Labute approximate surface area is 246 Å². The number of halogens is 1. The Morgan fingerprint density at radius 2 is 1.80 bits per heavy atom. The molecule has 1 atom stereocenters. The molecule has 0 fully saturated rings. The van der Waals surface area contributed by atoms with Gasteiger partial charge < -0.3 is 15.0 Å². The van der Waals surface area contributed by atoms with Crippen molar-refractivity contribution < 1.29 is 14.3 Å². The van der Waals surface area contributed by atoms with Crippen LogP contribution >= 0.6 is 11.6 Å². The smallest absolute Gasteiger partial charge is 0.253 e. The number of fused-ring (bicyclic) bond motifs is 1. The van der Waals surface area contributed by atoms with Gasteiger partial charge in [-0.2, -0.15) is 0 Å². The molecular weight excluding hydrogens is 536 g/mol. The van der Waals surface area contributed by atoms with Crippen LogP contribution in [0.25, 0.3) is 22.6 Å². The van der Waals surface area contributed by atoms with Gasteiger partial charge in [0.2, 0.25) is 0 Å². The number of pyridine rings is 1. The van der Waals surface area contributed by atoms with Gasteiger partial charge in [0, 0.05) is 29.4 Å². The number of carbonyl (C=O) groups is 2. The van der Waals surface area contributed by atoms with Crippen LogP contribution in [0.2, 0.25) is 5.02 Å². The Bertz CT molecular complexity index is 1480. The number of rotatable bonds is 11. The highest BCUT2D eigenvalue weighted by Gasteiger charge is 2.14. The molecule has 2 heterocycles. The quantitative estimate of drug-likeness (QED) is 0.109. The highest BCUT2D eigenvalue weighted by molar-refractivity contribution is 6.30. The molecule has 4 rings (SSSR count). The molecule has 2 N–H and O–H groups in total. The third-order valence-corrected chi connectivity index (χ3v) is 6.37. The van der Waals surface area contributed by atoms with Crippen molar-refractivity contribution in [3.8, 4) is 11.4 Å². The molecule has 0 aliphatic carbocycles. The van der Waals surface area contributed by atoms with E-state index in [9.17, 15) is 9.59 Å². The Morgan fingerprint density at radius 1 is 1.07 bits per heavy atom. The number of imidazole rings is 1. The van der Waals surface area contributed by atoms with Crippen LogP contribution in [0.15, 0.2) is 90.8 Å². The summed E-state index contributed by atoms with van der Waals surface area (Å²) in [7, 11) is 0. The number of allylic oxidation sites excluding steroid dienone is 3. The molecule has 2 aromatic heterocycles. The van der Waals surface area contributed by atoms with Crippen molar-refractivity contribution in [2.45, 2.75) is 47.1 Å². The standard InChI is InChI=1S/C17H22O2.C16H15ClN4O/c1-4-14(2)10-11-17(12-15(3)18)19-13-16-8-6-5-7-9-16;1-2-8-19-16(22)12-7-9-18-15-13(12)20-14(21-15)10-3-5-11(17)6-4-10/h5-12,14H,4,13H2,1-3H3;3-7,9H,2,8H2,1H3,(H,19,22)(H,18,20,21)/b11-10-,17-12+;/t14-;/m1./s1. The minimum absolute atomic E-state index is 0.00290. The number of carbonyl (C=O) groups excluding carboxylic acids is 2. The minimum Gasteiger partial charge on any atom is -0.489 e. The van der Waals surface area contributed by atoms with Crippen LogP contribution in [0.4, 0.5) is 0 Å². The average Bonchev–Trinajstić information content (AvgIpc) is 3.42. The van der Waals surface area contributed by atoms with Gasteiger partial charge in [-0.15, -0.1) is 0 Å². The van der Waals surface area contributed by atoms with E-state index < -0.39 is 0 Å². The molecule has 214 valence electrons. The van der Waals surface area contributed by atoms with Gasteiger partial charge in [-0.1, -0.05) is 75.2 Å². The maximum absolute atomic E-state index is 12.2. The predicted molar refractivity (Wildman–Crippen MR) is 166 cm³/mol. The zero-order chi connectivity index (χ0) is 29.6. The number of nitrogens with zero attached hydrogens (tertiary/aromatic N) is 2. The van der Waals surface area contributed by atoms with Gasteiger partial charge in [-0.3, -0.25) is 9.59 Å². The second kappa shape index (κ2) is 16.1. The fraction of sp³-hybridized carbons (Fsp3) is 0.273. The molecule has 0 aliphatic heterocycles. The zero-order valence-corrected chi connectivity index (χ0v) is 24.7. The van der Waals surface area contributed by atoms with Crippen molar-refractivity contribution in [2.24, 2.45) is 5.92 Å². The first-order valence-electron chi connectivity index (χ1n) is 13.8. The third kappa shape index (κ3) is 10.0. The van der Waals surface area contributed by atoms with Crippen molar-refractivity contribution >= 4 is 34.5 Å². The Morgan fingerprint density at radius 3 is 2.46 bits per heavy atom. The normalized spacial score (nSPS) is 12.1. The highest BCUT2D eigenvalue weighted by atomic mass is 35.5. The lowest BCUT2D eigenvalue weighted by atomic mass is 10.1. The fourth-order valence-electron chi connectivity index (χ4n) is 3.65. The fourth-order valence-corrected chi connectivity index (χ4v) is 3.78. The second-order valence-corrected chi connectivity index (χ2v) is 10.0. The van der Waals surface area contributed by atoms with Crippen LogP contribution < -0.4 is 5.32 Å². The molecule has 0 spiro atoms. The molecule has 0 unspecified atom stereocenters. The van der Waals surface area contributed by atoms with E-state index in [2.05, 4.69) is 40.2 Å². The van der Waals surface area contributed by atoms with E-state index in [1.54, 1.807) is 24.4 Å². The van der Waals surface area contributed by atoms with Crippen molar-refractivity contribution in [3.63, 3.8) is 0 Å². The summed E-state index contributed by atoms with van der Waals surface area (Å²) in [5.41, 5.74) is 3.69. The van der Waals surface area contributed by atoms with E-state index in [0.29, 0.717) is 52.4 Å². The molecule has 0 radical (unpaired) electrons. The summed E-state index contributed by atoms with van der Waals surface area (Å²) in [6, 6.07) is 19.0. The Balaban J connectivity index is 0.000000229. The molecule has 0 saturated carbocycles. The van der Waals surface area contributed by atoms with Gasteiger partial charge >= 0.3 is 0 Å². The molecule has 0 aliphatic rings. The van der Waals surface area contributed by atoms with Crippen LogP contribution in [0.5, 0.6) is 0 Å². The number of nitrogens with one attached hydrogen (secondary N) is 2. The van der Waals surface area contributed by atoms with Crippen molar-refractivity contribution in [1.29, 1.82) is 0 Å². The predicted octanol–water partition coefficient (Wildman–Crippen LogP) is 7.70. The van der Waals surface area contributed by atoms with Crippen molar-refractivity contribution in [2.75, 3.05) is 6.54 Å². The highest BCUT2D eigenvalue weighted by Crippen LogP contribution is 2.23. The van der Waals surface area contributed by atoms with E-state index in [1.807, 2.05) is 55.5 Å². The first-order chi connectivity index (χ1) is 19.8. The Kier molecular flexibility index (Phi) is 12.3. The summed E-state index contributed by atoms with van der Waals surface area (Å²) >= 11 is 5.90. The monoisotopic (exact) mass is 572 g/mol. The number of amides is 1. The molecule has 7 nitrogen and oxygen atoms in total. The molecule has 8 heteroatoms. The molecule has 41 heavy (non-hydrogen) atoms. The molecule has 2 aromatic carbocycles. The molecular formula is C33H37ClN4O3. The summed E-state index contributed by atoms with van der Waals surface area (Å²) in [5, 5.41) is 3.53. The molecule has 4 aromatic rings. The first kappa shape index (κ1) is 31.3. The van der Waals surface area contributed by atoms with Crippen LogP contribution in [0, 0.1) is 5.92 Å². The van der Waals surface area contributed by atoms with Crippen LogP contribution in [0.3, 0.4) is 0 Å². The molecule has 1 amide bonds. The van der Waals surface area contributed by atoms with Gasteiger partial charge in [0.25, 0.3) is 5.91 Å². The third-order valence-electron chi connectivity index (χ3n) is 6.12. The van der Waals surface area contributed by atoms with E-state index in [0.717, 1.165) is 24.0 Å². The summed E-state index contributed by atoms with van der Waals surface area (Å²) in [5.74, 6) is 1.64. The topological polar surface area (TPSA) is 97.0 Å². The zero-order valence-electron chi connectivity index (χ0n) is 24.0. The summed E-state index contributed by atoms with van der Waals surface area (Å²) in [4.78, 5) is 35.2. The van der Waals surface area contributed by atoms with Crippen LogP contribution in [-0.2, 0) is 16.1 Å². The number of aromatic nitrogens is 3. The summed E-state index contributed by atoms with van der Waals surface area (Å²) in [6.45, 7) is 8.93. The van der Waals surface area contributed by atoms with Gasteiger partial charge in [0.15, 0.2) is 11.4 Å². The largest absolute Gasteiger partial charge is 0.489 e. The second-order valence-electron chi connectivity index (χ2n) is 9.58. The van der Waals surface area contributed by atoms with E-state index in [1.165, 1.54) is 13.0 Å². The lowest BCUT2D eigenvalue weighted by Crippen LogP contribution is -2.24.